The predicted octanol–water partition coefficient (Wildman–Crippen LogP) is -0.991. The van der Waals surface area contributed by atoms with E-state index < -0.39 is 11.8 Å². The average Bonchev–Trinajstić information content (AvgIpc) is 2.10. The summed E-state index contributed by atoms with van der Waals surface area (Å²) >= 11 is 0. The van der Waals surface area contributed by atoms with Gasteiger partial charge >= 0.3 is 11.8 Å². The highest BCUT2D eigenvalue weighted by Gasteiger charge is 2.08. The van der Waals surface area contributed by atoms with E-state index in [-0.39, 0.29) is 6.54 Å². The Morgan fingerprint density at radius 3 is 2.67 bits per heavy atom. The molecule has 0 aliphatic carbocycles. The van der Waals surface area contributed by atoms with Crippen LogP contribution in [0.5, 0.6) is 0 Å². The van der Waals surface area contributed by atoms with Crippen molar-refractivity contribution in [2.45, 2.75) is 0 Å². The van der Waals surface area contributed by atoms with Crippen LogP contribution in [0.2, 0.25) is 0 Å². The van der Waals surface area contributed by atoms with Crippen LogP contribution < -0.4 is 10.6 Å². The number of carbonyl (C=O) groups is 2. The quantitative estimate of drug-likeness (QED) is 0.325. The van der Waals surface area contributed by atoms with Crippen LogP contribution >= 0.6 is 0 Å². The largest absolute Gasteiger partial charge is 0.500 e. The molecule has 0 atom stereocenters. The summed E-state index contributed by atoms with van der Waals surface area (Å²) in [6.07, 6.45) is 1.27. The second kappa shape index (κ2) is 6.21. The van der Waals surface area contributed by atoms with Crippen LogP contribution in [-0.4, -0.2) is 32.0 Å². The SMILES string of the molecule is C=COCCNC(=O)C(=O)NC. The lowest BCUT2D eigenvalue weighted by Gasteiger charge is -2.02. The fraction of sp³-hybridized carbons (Fsp3) is 0.429. The molecule has 0 aromatic rings. The van der Waals surface area contributed by atoms with Crippen molar-refractivity contribution in [2.75, 3.05) is 20.2 Å². The van der Waals surface area contributed by atoms with Crippen LogP contribution in [0.1, 0.15) is 0 Å². The first-order chi connectivity index (χ1) is 5.72. The minimum atomic E-state index is -0.662. The van der Waals surface area contributed by atoms with E-state index in [4.69, 9.17) is 4.74 Å². The number of nitrogens with one attached hydrogen (secondary N) is 2. The van der Waals surface area contributed by atoms with Gasteiger partial charge in [0.05, 0.1) is 12.8 Å². The highest BCUT2D eigenvalue weighted by atomic mass is 16.5. The fourth-order valence-electron chi connectivity index (χ4n) is 0.501. The lowest BCUT2D eigenvalue weighted by atomic mass is 10.5. The summed E-state index contributed by atoms with van der Waals surface area (Å²) in [6.45, 7) is 3.92. The molecule has 0 radical (unpaired) electrons. The van der Waals surface area contributed by atoms with Crippen molar-refractivity contribution >= 4 is 11.8 Å². The first-order valence-electron chi connectivity index (χ1n) is 3.44. The molecule has 0 unspecified atom stereocenters. The summed E-state index contributed by atoms with van der Waals surface area (Å²) in [5.41, 5.74) is 0. The van der Waals surface area contributed by atoms with Gasteiger partial charge in [0.1, 0.15) is 6.61 Å². The first-order valence-corrected chi connectivity index (χ1v) is 3.44. The Kier molecular flexibility index (Phi) is 5.42. The number of amides is 2. The van der Waals surface area contributed by atoms with E-state index >= 15 is 0 Å². The molecule has 0 saturated carbocycles. The Bertz CT molecular complexity index is 179. The minimum absolute atomic E-state index is 0.290. The Morgan fingerprint density at radius 2 is 2.17 bits per heavy atom. The highest BCUT2D eigenvalue weighted by Crippen LogP contribution is 1.72. The summed E-state index contributed by atoms with van der Waals surface area (Å²) in [5, 5.41) is 4.54. The molecule has 0 aromatic carbocycles. The van der Waals surface area contributed by atoms with Gasteiger partial charge in [-0.05, 0) is 0 Å². The molecule has 2 N–H and O–H groups in total. The van der Waals surface area contributed by atoms with Gasteiger partial charge < -0.3 is 15.4 Å². The Morgan fingerprint density at radius 1 is 1.50 bits per heavy atom. The van der Waals surface area contributed by atoms with E-state index in [1.807, 2.05) is 0 Å². The van der Waals surface area contributed by atoms with Crippen molar-refractivity contribution in [1.29, 1.82) is 0 Å². The van der Waals surface area contributed by atoms with E-state index in [9.17, 15) is 9.59 Å². The predicted molar refractivity (Wildman–Crippen MR) is 43.2 cm³/mol. The van der Waals surface area contributed by atoms with Gasteiger partial charge in [-0.25, -0.2) is 0 Å². The molecular formula is C7H12N2O3. The number of hydrogen-bond donors (Lipinski definition) is 2. The van der Waals surface area contributed by atoms with Crippen LogP contribution in [0.25, 0.3) is 0 Å². The first kappa shape index (κ1) is 10.5. The Balaban J connectivity index is 3.44. The minimum Gasteiger partial charge on any atom is -0.500 e. The third-order valence-electron chi connectivity index (χ3n) is 1.06. The fourth-order valence-corrected chi connectivity index (χ4v) is 0.501. The maximum absolute atomic E-state index is 10.7. The van der Waals surface area contributed by atoms with Crippen LogP contribution in [0.4, 0.5) is 0 Å². The van der Waals surface area contributed by atoms with E-state index in [1.54, 1.807) is 0 Å². The van der Waals surface area contributed by atoms with Gasteiger partial charge in [0, 0.05) is 7.05 Å². The zero-order valence-electron chi connectivity index (χ0n) is 6.92. The monoisotopic (exact) mass is 172 g/mol. The molecule has 0 rings (SSSR count). The Labute approximate surface area is 70.8 Å². The zero-order chi connectivity index (χ0) is 9.40. The molecule has 12 heavy (non-hydrogen) atoms. The van der Waals surface area contributed by atoms with Crippen molar-refractivity contribution in [3.05, 3.63) is 12.8 Å². The third kappa shape index (κ3) is 4.32. The number of carbonyl (C=O) groups excluding carboxylic acids is 2. The molecule has 0 fully saturated rings. The second-order valence-corrected chi connectivity index (χ2v) is 1.87. The number of hydrogen-bond acceptors (Lipinski definition) is 3. The standard InChI is InChI=1S/C7H12N2O3/c1-3-12-5-4-9-7(11)6(10)8-2/h3H,1,4-5H2,2H3,(H,8,10)(H,9,11). The van der Waals surface area contributed by atoms with Gasteiger partial charge in [0.15, 0.2) is 0 Å². The number of ether oxygens (including phenoxy) is 1. The Hall–Kier alpha value is -1.52. The molecular weight excluding hydrogens is 160 g/mol. The molecule has 0 spiro atoms. The van der Waals surface area contributed by atoms with Crippen LogP contribution in [0, 0.1) is 0 Å². The maximum Gasteiger partial charge on any atom is 0.309 e. The van der Waals surface area contributed by atoms with Gasteiger partial charge in [-0.15, -0.1) is 0 Å². The van der Waals surface area contributed by atoms with Crippen molar-refractivity contribution in [1.82, 2.24) is 10.6 Å². The molecule has 5 nitrogen and oxygen atoms in total. The molecule has 0 saturated heterocycles. The average molecular weight is 172 g/mol. The number of rotatable bonds is 4. The van der Waals surface area contributed by atoms with Gasteiger partial charge in [-0.2, -0.15) is 0 Å². The smallest absolute Gasteiger partial charge is 0.309 e. The lowest BCUT2D eigenvalue weighted by molar-refractivity contribution is -0.138. The van der Waals surface area contributed by atoms with Crippen LogP contribution in [-0.2, 0) is 14.3 Å². The van der Waals surface area contributed by atoms with Crippen molar-refractivity contribution < 1.29 is 14.3 Å². The summed E-state index contributed by atoms with van der Waals surface area (Å²) < 4.78 is 4.71. The summed E-state index contributed by atoms with van der Waals surface area (Å²) in [6, 6.07) is 0. The molecule has 0 aromatic heterocycles. The maximum atomic E-state index is 10.7. The molecule has 2 amide bonds. The normalized spacial score (nSPS) is 8.42. The van der Waals surface area contributed by atoms with Gasteiger partial charge in [0.25, 0.3) is 0 Å². The van der Waals surface area contributed by atoms with E-state index in [0.29, 0.717) is 6.61 Å². The van der Waals surface area contributed by atoms with E-state index in [0.717, 1.165) is 0 Å². The topological polar surface area (TPSA) is 67.4 Å². The molecule has 0 aliphatic rings. The second-order valence-electron chi connectivity index (χ2n) is 1.87. The highest BCUT2D eigenvalue weighted by molar-refractivity contribution is 6.34. The summed E-state index contributed by atoms with van der Waals surface area (Å²) in [5.74, 6) is -1.32. The third-order valence-corrected chi connectivity index (χ3v) is 1.06. The molecule has 5 heteroatoms. The van der Waals surface area contributed by atoms with Gasteiger partial charge in [-0.1, -0.05) is 6.58 Å². The van der Waals surface area contributed by atoms with Crippen molar-refractivity contribution in [3.63, 3.8) is 0 Å². The summed E-state index contributed by atoms with van der Waals surface area (Å²) in [4.78, 5) is 21.3. The molecule has 0 bridgehead atoms. The van der Waals surface area contributed by atoms with E-state index in [2.05, 4.69) is 17.2 Å². The van der Waals surface area contributed by atoms with E-state index in [1.165, 1.54) is 13.3 Å². The molecule has 68 valence electrons. The van der Waals surface area contributed by atoms with Gasteiger partial charge in [0.2, 0.25) is 0 Å². The number of likely N-dealkylation sites (N-methyl/N-ethyl adjacent to an activating group) is 1. The summed E-state index contributed by atoms with van der Waals surface area (Å²) in [7, 11) is 1.39. The zero-order valence-corrected chi connectivity index (χ0v) is 6.92. The lowest BCUT2D eigenvalue weighted by Crippen LogP contribution is -2.39. The van der Waals surface area contributed by atoms with Crippen molar-refractivity contribution in [3.8, 4) is 0 Å². The van der Waals surface area contributed by atoms with Crippen molar-refractivity contribution in [2.24, 2.45) is 0 Å². The van der Waals surface area contributed by atoms with Crippen LogP contribution in [0.3, 0.4) is 0 Å². The van der Waals surface area contributed by atoms with Crippen LogP contribution in [0.15, 0.2) is 12.8 Å². The molecule has 0 aliphatic heterocycles. The van der Waals surface area contributed by atoms with Gasteiger partial charge in [-0.3, -0.25) is 9.59 Å². The molecule has 0 heterocycles.